The van der Waals surface area contributed by atoms with Gasteiger partial charge in [-0.1, -0.05) is 166 Å². The van der Waals surface area contributed by atoms with Crippen LogP contribution in [0.4, 0.5) is 17.1 Å². The van der Waals surface area contributed by atoms with E-state index in [1.807, 2.05) is 60.7 Å². The van der Waals surface area contributed by atoms with Crippen LogP contribution in [-0.4, -0.2) is 19.5 Å². The third kappa shape index (κ3) is 5.04. The second-order valence-electron chi connectivity index (χ2n) is 16.0. The molecule has 0 aliphatic carbocycles. The van der Waals surface area contributed by atoms with Crippen molar-refractivity contribution in [1.29, 1.82) is 0 Å². The van der Waals surface area contributed by atoms with E-state index < -0.39 is 0 Å². The van der Waals surface area contributed by atoms with Crippen LogP contribution in [0.5, 0.6) is 0 Å². The average molecular weight is 772 g/mol. The van der Waals surface area contributed by atoms with E-state index >= 15 is 0 Å². The van der Waals surface area contributed by atoms with Crippen LogP contribution < -0.4 is 4.90 Å². The molecule has 0 radical (unpaired) electrons. The summed E-state index contributed by atoms with van der Waals surface area (Å²) in [5.41, 5.74) is 13.1. The summed E-state index contributed by atoms with van der Waals surface area (Å²) in [4.78, 5) is 17.6. The standard InChI is InChI=1S/C54H37N5O/c1-54(2)42-28-13-15-30-45(42)58(36-22-10-5-11-23-36)48-43(54)33-32-38-37-24-12-14-29-44(37)59(47(38)48)46-31-17-26-40-39-25-16-27-41(49(39)60-50(40)46)53-56-51(34-18-6-3-7-19-34)55-52(57-53)35-20-8-4-9-21-35/h3-33H,1-2H3. The van der Waals surface area contributed by atoms with Gasteiger partial charge in [-0.25, -0.2) is 15.0 Å². The third-order valence-corrected chi connectivity index (χ3v) is 12.2. The molecule has 6 nitrogen and oxygen atoms in total. The Bertz CT molecular complexity index is 3400. The Labute approximate surface area is 346 Å². The summed E-state index contributed by atoms with van der Waals surface area (Å²) in [5, 5.41) is 4.38. The summed E-state index contributed by atoms with van der Waals surface area (Å²) >= 11 is 0. The molecule has 0 spiro atoms. The van der Waals surface area contributed by atoms with Crippen molar-refractivity contribution in [2.75, 3.05) is 4.90 Å². The normalized spacial score (nSPS) is 13.3. The minimum Gasteiger partial charge on any atom is -0.453 e. The molecule has 0 saturated heterocycles. The van der Waals surface area contributed by atoms with E-state index in [4.69, 9.17) is 19.4 Å². The van der Waals surface area contributed by atoms with Crippen molar-refractivity contribution in [2.24, 2.45) is 0 Å². The molecule has 0 atom stereocenters. The lowest BCUT2D eigenvalue weighted by Gasteiger charge is -2.42. The zero-order chi connectivity index (χ0) is 40.0. The topological polar surface area (TPSA) is 60.0 Å². The zero-order valence-electron chi connectivity index (χ0n) is 33.0. The number of furan rings is 1. The molecule has 1 aliphatic rings. The van der Waals surface area contributed by atoms with Gasteiger partial charge in [0.2, 0.25) is 0 Å². The van der Waals surface area contributed by atoms with Gasteiger partial charge in [0.1, 0.15) is 5.58 Å². The molecule has 0 N–H and O–H groups in total. The van der Waals surface area contributed by atoms with Crippen LogP contribution in [-0.2, 0) is 5.41 Å². The lowest BCUT2D eigenvalue weighted by atomic mass is 9.73. The molecule has 3 aromatic heterocycles. The summed E-state index contributed by atoms with van der Waals surface area (Å²) in [6, 6.07) is 65.9. The van der Waals surface area contributed by atoms with Crippen molar-refractivity contribution in [3.8, 4) is 39.9 Å². The molecule has 0 saturated carbocycles. The van der Waals surface area contributed by atoms with E-state index in [1.54, 1.807) is 0 Å². The molecule has 0 bridgehead atoms. The first-order valence-electron chi connectivity index (χ1n) is 20.4. The fourth-order valence-electron chi connectivity index (χ4n) is 9.42. The lowest BCUT2D eigenvalue weighted by Crippen LogP contribution is -2.31. The van der Waals surface area contributed by atoms with E-state index in [0.717, 1.165) is 61.0 Å². The molecule has 6 heteroatoms. The number of hydrogen-bond acceptors (Lipinski definition) is 5. The number of aromatic nitrogens is 4. The first kappa shape index (κ1) is 34.2. The van der Waals surface area contributed by atoms with E-state index in [1.165, 1.54) is 33.3 Å². The van der Waals surface area contributed by atoms with Gasteiger partial charge in [-0.15, -0.1) is 0 Å². The second kappa shape index (κ2) is 13.1. The largest absolute Gasteiger partial charge is 0.453 e. The number of fused-ring (bicyclic) bond motifs is 9. The molecule has 4 heterocycles. The van der Waals surface area contributed by atoms with E-state index in [-0.39, 0.29) is 5.41 Å². The number of benzene rings is 8. The highest BCUT2D eigenvalue weighted by Crippen LogP contribution is 2.55. The van der Waals surface area contributed by atoms with Gasteiger partial charge in [0.15, 0.2) is 23.1 Å². The smallest absolute Gasteiger partial charge is 0.167 e. The summed E-state index contributed by atoms with van der Waals surface area (Å²) in [5.74, 6) is 1.77. The number of hydrogen-bond donors (Lipinski definition) is 0. The monoisotopic (exact) mass is 771 g/mol. The number of para-hydroxylation sites is 5. The van der Waals surface area contributed by atoms with E-state index in [0.29, 0.717) is 17.5 Å². The Balaban J connectivity index is 1.15. The molecular weight excluding hydrogens is 735 g/mol. The van der Waals surface area contributed by atoms with Crippen molar-refractivity contribution in [3.63, 3.8) is 0 Å². The number of rotatable bonds is 5. The summed E-state index contributed by atoms with van der Waals surface area (Å²) in [7, 11) is 0. The Morgan fingerprint density at radius 1 is 0.433 bits per heavy atom. The fourth-order valence-corrected chi connectivity index (χ4v) is 9.42. The van der Waals surface area contributed by atoms with Crippen LogP contribution in [0.25, 0.3) is 83.6 Å². The Kier molecular flexibility index (Phi) is 7.47. The minimum absolute atomic E-state index is 0.269. The van der Waals surface area contributed by atoms with Gasteiger partial charge in [0.25, 0.3) is 0 Å². The molecular formula is C54H37N5O. The van der Waals surface area contributed by atoms with Gasteiger partial charge >= 0.3 is 0 Å². The van der Waals surface area contributed by atoms with Crippen molar-refractivity contribution < 1.29 is 4.42 Å². The summed E-state index contributed by atoms with van der Waals surface area (Å²) in [6.45, 7) is 4.70. The van der Waals surface area contributed by atoms with Gasteiger partial charge in [-0.3, -0.25) is 0 Å². The van der Waals surface area contributed by atoms with Crippen LogP contribution >= 0.6 is 0 Å². The van der Waals surface area contributed by atoms with Gasteiger partial charge in [0.05, 0.1) is 33.7 Å². The van der Waals surface area contributed by atoms with Crippen LogP contribution in [0.15, 0.2) is 192 Å². The molecule has 8 aromatic carbocycles. The number of nitrogens with zero attached hydrogens (tertiary/aromatic N) is 5. The van der Waals surface area contributed by atoms with Crippen LogP contribution in [0.1, 0.15) is 25.0 Å². The Morgan fingerprint density at radius 2 is 1.00 bits per heavy atom. The van der Waals surface area contributed by atoms with Crippen molar-refractivity contribution in [2.45, 2.75) is 19.3 Å². The fraction of sp³-hybridized carbons (Fsp3) is 0.0556. The maximum Gasteiger partial charge on any atom is 0.167 e. The first-order valence-corrected chi connectivity index (χ1v) is 20.4. The molecule has 284 valence electrons. The predicted molar refractivity (Wildman–Crippen MR) is 245 cm³/mol. The quantitative estimate of drug-likeness (QED) is 0.174. The molecule has 0 unspecified atom stereocenters. The molecule has 11 aromatic rings. The van der Waals surface area contributed by atoms with Crippen molar-refractivity contribution in [3.05, 3.63) is 199 Å². The van der Waals surface area contributed by atoms with Crippen LogP contribution in [0.3, 0.4) is 0 Å². The average Bonchev–Trinajstić information content (AvgIpc) is 3.86. The zero-order valence-corrected chi connectivity index (χ0v) is 33.0. The highest BCUT2D eigenvalue weighted by Gasteiger charge is 2.39. The van der Waals surface area contributed by atoms with Gasteiger partial charge < -0.3 is 13.9 Å². The Morgan fingerprint density at radius 3 is 1.73 bits per heavy atom. The van der Waals surface area contributed by atoms with E-state index in [9.17, 15) is 0 Å². The lowest BCUT2D eigenvalue weighted by molar-refractivity contribution is 0.632. The van der Waals surface area contributed by atoms with Crippen molar-refractivity contribution >= 4 is 60.8 Å². The summed E-state index contributed by atoms with van der Waals surface area (Å²) < 4.78 is 9.63. The Hall–Kier alpha value is -7.83. The highest BCUT2D eigenvalue weighted by atomic mass is 16.3. The maximum absolute atomic E-state index is 7.20. The summed E-state index contributed by atoms with van der Waals surface area (Å²) in [6.07, 6.45) is 0. The SMILES string of the molecule is CC1(C)c2ccccc2N(c2ccccc2)c2c1ccc1c3ccccc3n(-c3cccc4c3oc3c(-c5nc(-c6ccccc6)nc(-c6ccccc6)n5)cccc34)c21. The highest BCUT2D eigenvalue weighted by molar-refractivity contribution is 6.18. The molecule has 60 heavy (non-hydrogen) atoms. The van der Waals surface area contributed by atoms with Crippen molar-refractivity contribution in [1.82, 2.24) is 19.5 Å². The van der Waals surface area contributed by atoms with Crippen LogP contribution in [0, 0.1) is 0 Å². The number of anilines is 3. The van der Waals surface area contributed by atoms with E-state index in [2.05, 4.69) is 151 Å². The molecule has 12 rings (SSSR count). The predicted octanol–water partition coefficient (Wildman–Crippen LogP) is 14.0. The first-order chi connectivity index (χ1) is 29.5. The minimum atomic E-state index is -0.269. The van der Waals surface area contributed by atoms with Crippen LogP contribution in [0.2, 0.25) is 0 Å². The molecule has 1 aliphatic heterocycles. The van der Waals surface area contributed by atoms with Gasteiger partial charge in [-0.05, 0) is 47.5 Å². The molecule has 0 fully saturated rings. The second-order valence-corrected chi connectivity index (χ2v) is 16.0. The molecule has 0 amide bonds. The maximum atomic E-state index is 7.20. The third-order valence-electron chi connectivity index (χ3n) is 12.2. The van der Waals surface area contributed by atoms with Gasteiger partial charge in [-0.2, -0.15) is 0 Å². The van der Waals surface area contributed by atoms with Gasteiger partial charge in [0, 0.05) is 43.8 Å².